The summed E-state index contributed by atoms with van der Waals surface area (Å²) >= 11 is 1.85. The predicted octanol–water partition coefficient (Wildman–Crippen LogP) is 0.848. The lowest BCUT2D eigenvalue weighted by Gasteiger charge is -2.21. The Balaban J connectivity index is 2.18. The molecule has 1 aromatic rings. The third kappa shape index (κ3) is 1.79. The van der Waals surface area contributed by atoms with Crippen LogP contribution in [0.1, 0.15) is 24.6 Å². The van der Waals surface area contributed by atoms with E-state index in [2.05, 4.69) is 33.3 Å². The minimum absolute atomic E-state index is 0.347. The molecule has 0 amide bonds. The first kappa shape index (κ1) is 9.98. The fourth-order valence-electron chi connectivity index (χ4n) is 1.78. The smallest absolute Gasteiger partial charge is 0.149 e. The number of aromatic nitrogens is 3. The third-order valence-corrected chi connectivity index (χ3v) is 3.17. The van der Waals surface area contributed by atoms with Crippen LogP contribution in [-0.2, 0) is 13.0 Å². The van der Waals surface area contributed by atoms with Crippen molar-refractivity contribution in [3.8, 4) is 0 Å². The van der Waals surface area contributed by atoms with Crippen LogP contribution in [0.15, 0.2) is 0 Å². The van der Waals surface area contributed by atoms with E-state index in [1.54, 1.807) is 0 Å². The van der Waals surface area contributed by atoms with Crippen LogP contribution in [-0.4, -0.2) is 33.3 Å². The molecule has 2 heterocycles. The highest BCUT2D eigenvalue weighted by Crippen LogP contribution is 2.16. The average Bonchev–Trinajstić information content (AvgIpc) is 2.60. The molecule has 0 spiro atoms. The lowest BCUT2D eigenvalue weighted by atomic mass is 10.2. The van der Waals surface area contributed by atoms with E-state index in [-0.39, 0.29) is 0 Å². The maximum atomic E-state index is 4.25. The lowest BCUT2D eigenvalue weighted by Crippen LogP contribution is -2.32. The molecule has 78 valence electrons. The van der Waals surface area contributed by atoms with Crippen molar-refractivity contribution in [3.63, 3.8) is 0 Å². The normalized spacial score (nSPS) is 20.9. The van der Waals surface area contributed by atoms with E-state index in [0.29, 0.717) is 6.04 Å². The molecule has 1 aliphatic rings. The lowest BCUT2D eigenvalue weighted by molar-refractivity contribution is 0.430. The van der Waals surface area contributed by atoms with E-state index in [1.807, 2.05) is 11.8 Å². The average molecular weight is 212 g/mol. The largest absolute Gasteiger partial charge is 0.312 e. The quantitative estimate of drug-likeness (QED) is 0.806. The zero-order valence-electron chi connectivity index (χ0n) is 8.66. The fraction of sp³-hybridized carbons (Fsp3) is 0.778. The second-order valence-electron chi connectivity index (χ2n) is 3.54. The van der Waals surface area contributed by atoms with Gasteiger partial charge in [-0.3, -0.25) is 0 Å². The summed E-state index contributed by atoms with van der Waals surface area (Å²) in [6.07, 6.45) is 3.15. The highest BCUT2D eigenvalue weighted by Gasteiger charge is 2.20. The predicted molar refractivity (Wildman–Crippen MR) is 58.5 cm³/mol. The van der Waals surface area contributed by atoms with E-state index in [1.165, 1.54) is 0 Å². The summed E-state index contributed by atoms with van der Waals surface area (Å²) in [5, 5.41) is 11.9. The minimum atomic E-state index is 0.347. The number of aryl methyl sites for hydroxylation is 1. The van der Waals surface area contributed by atoms with Gasteiger partial charge in [-0.1, -0.05) is 0 Å². The molecule has 0 saturated carbocycles. The molecule has 0 bridgehead atoms. The Labute approximate surface area is 88.5 Å². The zero-order chi connectivity index (χ0) is 9.97. The van der Waals surface area contributed by atoms with Crippen molar-refractivity contribution >= 4 is 11.8 Å². The van der Waals surface area contributed by atoms with Gasteiger partial charge in [-0.25, -0.2) is 0 Å². The zero-order valence-corrected chi connectivity index (χ0v) is 9.47. The number of rotatable bonds is 3. The van der Waals surface area contributed by atoms with E-state index >= 15 is 0 Å². The molecular weight excluding hydrogens is 196 g/mol. The number of nitrogens with one attached hydrogen (secondary N) is 1. The molecule has 1 N–H and O–H groups in total. The summed E-state index contributed by atoms with van der Waals surface area (Å²) in [4.78, 5) is 0. The number of fused-ring (bicyclic) bond motifs is 1. The number of hydrogen-bond donors (Lipinski definition) is 1. The molecule has 1 aromatic heterocycles. The van der Waals surface area contributed by atoms with Gasteiger partial charge in [0.15, 0.2) is 0 Å². The van der Waals surface area contributed by atoms with Crippen LogP contribution in [0.2, 0.25) is 0 Å². The van der Waals surface area contributed by atoms with Crippen LogP contribution in [0.25, 0.3) is 0 Å². The maximum Gasteiger partial charge on any atom is 0.149 e. The summed E-state index contributed by atoms with van der Waals surface area (Å²) in [5.41, 5.74) is 0. The van der Waals surface area contributed by atoms with E-state index in [4.69, 9.17) is 0 Å². The van der Waals surface area contributed by atoms with E-state index in [0.717, 1.165) is 36.9 Å². The monoisotopic (exact) mass is 212 g/mol. The van der Waals surface area contributed by atoms with Crippen LogP contribution in [0, 0.1) is 0 Å². The highest BCUT2D eigenvalue weighted by molar-refractivity contribution is 7.98. The van der Waals surface area contributed by atoms with Crippen molar-refractivity contribution < 1.29 is 0 Å². The second kappa shape index (κ2) is 4.31. The molecule has 14 heavy (non-hydrogen) atoms. The summed E-state index contributed by atoms with van der Waals surface area (Å²) < 4.78 is 2.26. The first-order valence-corrected chi connectivity index (χ1v) is 6.36. The van der Waals surface area contributed by atoms with Crippen LogP contribution in [0.5, 0.6) is 0 Å². The SMILES string of the molecule is CSCCc1nnc2n1CCNC2C. The van der Waals surface area contributed by atoms with Gasteiger partial charge < -0.3 is 9.88 Å². The van der Waals surface area contributed by atoms with Gasteiger partial charge in [0.1, 0.15) is 11.6 Å². The Kier molecular flexibility index (Phi) is 3.08. The van der Waals surface area contributed by atoms with Gasteiger partial charge in [-0.15, -0.1) is 10.2 Å². The molecule has 0 aromatic carbocycles. The van der Waals surface area contributed by atoms with Gasteiger partial charge in [0, 0.05) is 25.3 Å². The molecule has 4 nitrogen and oxygen atoms in total. The van der Waals surface area contributed by atoms with Crippen molar-refractivity contribution in [2.75, 3.05) is 18.6 Å². The van der Waals surface area contributed by atoms with Crippen molar-refractivity contribution in [1.82, 2.24) is 20.1 Å². The van der Waals surface area contributed by atoms with Crippen molar-refractivity contribution in [2.45, 2.75) is 25.9 Å². The van der Waals surface area contributed by atoms with E-state index < -0.39 is 0 Å². The summed E-state index contributed by atoms with van der Waals surface area (Å²) in [6, 6.07) is 0.347. The van der Waals surface area contributed by atoms with Crippen molar-refractivity contribution in [1.29, 1.82) is 0 Å². The Morgan fingerprint density at radius 2 is 2.43 bits per heavy atom. The molecule has 0 aliphatic carbocycles. The summed E-state index contributed by atoms with van der Waals surface area (Å²) in [6.45, 7) is 4.17. The number of hydrogen-bond acceptors (Lipinski definition) is 4. The minimum Gasteiger partial charge on any atom is -0.312 e. The highest BCUT2D eigenvalue weighted by atomic mass is 32.2. The van der Waals surface area contributed by atoms with Gasteiger partial charge in [-0.2, -0.15) is 11.8 Å². The van der Waals surface area contributed by atoms with Gasteiger partial charge in [0.25, 0.3) is 0 Å². The van der Waals surface area contributed by atoms with Crippen LogP contribution >= 0.6 is 11.8 Å². The molecule has 1 unspecified atom stereocenters. The van der Waals surface area contributed by atoms with Crippen molar-refractivity contribution in [3.05, 3.63) is 11.6 Å². The molecule has 1 atom stereocenters. The summed E-state index contributed by atoms with van der Waals surface area (Å²) in [7, 11) is 0. The van der Waals surface area contributed by atoms with Crippen molar-refractivity contribution in [2.24, 2.45) is 0 Å². The van der Waals surface area contributed by atoms with Gasteiger partial charge in [0.05, 0.1) is 6.04 Å². The maximum absolute atomic E-state index is 4.25. The molecule has 0 radical (unpaired) electrons. The fourth-order valence-corrected chi connectivity index (χ4v) is 2.16. The Morgan fingerprint density at radius 3 is 3.21 bits per heavy atom. The van der Waals surface area contributed by atoms with Gasteiger partial charge in [0.2, 0.25) is 0 Å². The van der Waals surface area contributed by atoms with Crippen LogP contribution in [0.4, 0.5) is 0 Å². The van der Waals surface area contributed by atoms with Gasteiger partial charge in [-0.05, 0) is 13.2 Å². The summed E-state index contributed by atoms with van der Waals surface area (Å²) in [5.74, 6) is 3.36. The Hall–Kier alpha value is -0.550. The van der Waals surface area contributed by atoms with Crippen LogP contribution in [0.3, 0.4) is 0 Å². The molecule has 0 saturated heterocycles. The topological polar surface area (TPSA) is 42.7 Å². The number of nitrogens with zero attached hydrogens (tertiary/aromatic N) is 3. The third-order valence-electron chi connectivity index (χ3n) is 2.56. The molecular formula is C9H16N4S. The second-order valence-corrected chi connectivity index (χ2v) is 4.53. The standard InChI is InChI=1S/C9H16N4S/c1-7-9-12-11-8(3-6-14-2)13(9)5-4-10-7/h7,10H,3-6H2,1-2H3. The molecule has 2 rings (SSSR count). The molecule has 1 aliphatic heterocycles. The molecule has 0 fully saturated rings. The Bertz CT molecular complexity index is 310. The first-order valence-electron chi connectivity index (χ1n) is 4.97. The van der Waals surface area contributed by atoms with Crippen LogP contribution < -0.4 is 5.32 Å². The first-order chi connectivity index (χ1) is 6.83. The Morgan fingerprint density at radius 1 is 1.57 bits per heavy atom. The van der Waals surface area contributed by atoms with Gasteiger partial charge >= 0.3 is 0 Å². The molecule has 5 heteroatoms. The number of thioether (sulfide) groups is 1. The van der Waals surface area contributed by atoms with E-state index in [9.17, 15) is 0 Å².